The first-order valence-electron chi connectivity index (χ1n) is 14.8. The van der Waals surface area contributed by atoms with E-state index in [-0.39, 0.29) is 30.0 Å². The van der Waals surface area contributed by atoms with Gasteiger partial charge in [0.15, 0.2) is 0 Å². The fourth-order valence-corrected chi connectivity index (χ4v) is 6.65. The molecule has 3 amide bonds. The second kappa shape index (κ2) is 14.8. The molecule has 13 nitrogen and oxygen atoms in total. The number of amides is 3. The second-order valence-electron chi connectivity index (χ2n) is 12.0. The molecule has 47 heavy (non-hydrogen) atoms. The molecule has 250 valence electrons. The predicted octanol–water partition coefficient (Wildman–Crippen LogP) is 2.71. The molecule has 0 saturated carbocycles. The van der Waals surface area contributed by atoms with E-state index in [9.17, 15) is 32.8 Å². The van der Waals surface area contributed by atoms with Crippen LogP contribution in [0.3, 0.4) is 0 Å². The molecule has 1 unspecified atom stereocenters. The summed E-state index contributed by atoms with van der Waals surface area (Å²) < 4.78 is 38.8. The lowest BCUT2D eigenvalue weighted by molar-refractivity contribution is -0.156. The Hall–Kier alpha value is -4.79. The Balaban J connectivity index is 1.57. The molecule has 0 aliphatic carbocycles. The van der Waals surface area contributed by atoms with Crippen LogP contribution in [-0.4, -0.2) is 66.4 Å². The zero-order valence-electron chi connectivity index (χ0n) is 26.5. The normalized spacial score (nSPS) is 15.5. The van der Waals surface area contributed by atoms with E-state index in [2.05, 4.69) is 10.6 Å². The Morgan fingerprint density at radius 2 is 1.66 bits per heavy atom. The molecule has 0 saturated heterocycles. The van der Waals surface area contributed by atoms with Gasteiger partial charge in [0.1, 0.15) is 23.4 Å². The number of hydroxylamine groups is 1. The van der Waals surface area contributed by atoms with Crippen LogP contribution >= 0.6 is 0 Å². The van der Waals surface area contributed by atoms with Crippen LogP contribution in [0, 0.1) is 0 Å². The molecular weight excluding hydrogens is 628 g/mol. The van der Waals surface area contributed by atoms with Gasteiger partial charge in [-0.1, -0.05) is 36.4 Å². The summed E-state index contributed by atoms with van der Waals surface area (Å²) >= 11 is 0. The van der Waals surface area contributed by atoms with E-state index in [0.717, 1.165) is 9.87 Å². The lowest BCUT2D eigenvalue weighted by Crippen LogP contribution is -2.51. The Labute approximate surface area is 273 Å². The van der Waals surface area contributed by atoms with Crippen molar-refractivity contribution < 1.29 is 42.3 Å². The standard InChI is InChI=1S/C33H38N4O9S/c1-33(2,3)46-30(39)19-27(35-29(38)16-21-8-6-5-7-9-21)31(40)34-24-11-10-22-18-28(32(41)36-42)37(20-23(22)17-24)47(43,44)26-14-12-25(45-4)13-15-26/h5-15,17,27-28,42H,16,18-20H2,1-4H3,(H,34,40)(H,35,38)(H,36,41)/t27-,28?/m0/s1. The first kappa shape index (κ1) is 35.1. The molecule has 4 N–H and O–H groups in total. The fourth-order valence-electron chi connectivity index (χ4n) is 5.09. The van der Waals surface area contributed by atoms with Crippen LogP contribution in [0.1, 0.15) is 43.9 Å². The number of hydrogen-bond acceptors (Lipinski definition) is 9. The van der Waals surface area contributed by atoms with Gasteiger partial charge in [-0.05, 0) is 80.3 Å². The van der Waals surface area contributed by atoms with Crippen molar-refractivity contribution in [2.45, 2.75) is 69.2 Å². The topological polar surface area (TPSA) is 180 Å². The van der Waals surface area contributed by atoms with Gasteiger partial charge in [0.05, 0.1) is 24.8 Å². The van der Waals surface area contributed by atoms with Crippen molar-refractivity contribution in [3.05, 3.63) is 89.5 Å². The quantitative estimate of drug-likeness (QED) is 0.136. The number of rotatable bonds is 11. The number of hydrogen-bond donors (Lipinski definition) is 4. The lowest BCUT2D eigenvalue weighted by Gasteiger charge is -2.34. The molecule has 2 atom stereocenters. The van der Waals surface area contributed by atoms with Gasteiger partial charge in [-0.3, -0.25) is 24.4 Å². The van der Waals surface area contributed by atoms with E-state index in [0.29, 0.717) is 16.9 Å². The van der Waals surface area contributed by atoms with Gasteiger partial charge in [-0.2, -0.15) is 4.31 Å². The molecule has 1 heterocycles. The van der Waals surface area contributed by atoms with E-state index in [4.69, 9.17) is 9.47 Å². The van der Waals surface area contributed by atoms with E-state index in [1.165, 1.54) is 31.4 Å². The third kappa shape index (κ3) is 9.15. The number of nitrogens with zero attached hydrogens (tertiary/aromatic N) is 1. The molecule has 3 aromatic carbocycles. The highest BCUT2D eigenvalue weighted by atomic mass is 32.2. The molecule has 0 radical (unpaired) electrons. The third-order valence-corrected chi connectivity index (χ3v) is 9.16. The summed E-state index contributed by atoms with van der Waals surface area (Å²) in [5.74, 6) is -2.30. The molecular formula is C33H38N4O9S. The summed E-state index contributed by atoms with van der Waals surface area (Å²) in [5, 5.41) is 14.7. The van der Waals surface area contributed by atoms with Crippen LogP contribution in [0.5, 0.6) is 5.75 Å². The van der Waals surface area contributed by atoms with Crippen molar-refractivity contribution in [2.75, 3.05) is 12.4 Å². The number of esters is 1. The SMILES string of the molecule is COc1ccc(S(=O)(=O)N2Cc3cc(NC(=O)[C@H](CC(=O)OC(C)(C)C)NC(=O)Cc4ccccc4)ccc3CC2C(=O)NO)cc1. The summed E-state index contributed by atoms with van der Waals surface area (Å²) in [4.78, 5) is 51.6. The summed E-state index contributed by atoms with van der Waals surface area (Å²) in [6.07, 6.45) is -0.499. The predicted molar refractivity (Wildman–Crippen MR) is 171 cm³/mol. The zero-order chi connectivity index (χ0) is 34.4. The molecule has 0 aromatic heterocycles. The van der Waals surface area contributed by atoms with Gasteiger partial charge in [0.2, 0.25) is 21.8 Å². The Morgan fingerprint density at radius 3 is 2.28 bits per heavy atom. The number of fused-ring (bicyclic) bond motifs is 1. The van der Waals surface area contributed by atoms with Crippen molar-refractivity contribution in [3.8, 4) is 5.75 Å². The van der Waals surface area contributed by atoms with Gasteiger partial charge >= 0.3 is 5.97 Å². The summed E-state index contributed by atoms with van der Waals surface area (Å²) in [7, 11) is -2.79. The number of ether oxygens (including phenoxy) is 2. The minimum absolute atomic E-state index is 0.0150. The molecule has 14 heteroatoms. The van der Waals surface area contributed by atoms with Gasteiger partial charge in [-0.15, -0.1) is 0 Å². The van der Waals surface area contributed by atoms with E-state index in [1.807, 2.05) is 6.07 Å². The van der Waals surface area contributed by atoms with Gasteiger partial charge in [-0.25, -0.2) is 13.9 Å². The lowest BCUT2D eigenvalue weighted by atomic mass is 9.95. The minimum atomic E-state index is -4.23. The van der Waals surface area contributed by atoms with Crippen molar-refractivity contribution in [3.63, 3.8) is 0 Å². The first-order valence-corrected chi connectivity index (χ1v) is 16.2. The average Bonchev–Trinajstić information content (AvgIpc) is 3.03. The highest BCUT2D eigenvalue weighted by molar-refractivity contribution is 7.89. The van der Waals surface area contributed by atoms with Crippen molar-refractivity contribution in [2.24, 2.45) is 0 Å². The number of carbonyl (C=O) groups excluding carboxylic acids is 4. The minimum Gasteiger partial charge on any atom is -0.497 e. The maximum absolute atomic E-state index is 13.7. The summed E-state index contributed by atoms with van der Waals surface area (Å²) in [5.41, 5.74) is 2.86. The van der Waals surface area contributed by atoms with Gasteiger partial charge in [0, 0.05) is 12.2 Å². The van der Waals surface area contributed by atoms with Crippen molar-refractivity contribution in [1.82, 2.24) is 15.1 Å². The Kier molecular flexibility index (Phi) is 11.0. The van der Waals surface area contributed by atoms with Crippen molar-refractivity contribution in [1.29, 1.82) is 0 Å². The monoisotopic (exact) mass is 666 g/mol. The highest BCUT2D eigenvalue weighted by Crippen LogP contribution is 2.31. The molecule has 3 aromatic rings. The maximum Gasteiger partial charge on any atom is 0.308 e. The van der Waals surface area contributed by atoms with Gasteiger partial charge in [0.25, 0.3) is 5.91 Å². The van der Waals surface area contributed by atoms with Gasteiger partial charge < -0.3 is 20.1 Å². The number of anilines is 1. The Morgan fingerprint density at radius 1 is 0.979 bits per heavy atom. The van der Waals surface area contributed by atoms with Crippen LogP contribution < -0.4 is 20.9 Å². The number of methoxy groups -OCH3 is 1. The molecule has 4 rings (SSSR count). The van der Waals surface area contributed by atoms with E-state index < -0.39 is 57.8 Å². The largest absolute Gasteiger partial charge is 0.497 e. The fraction of sp³-hybridized carbons (Fsp3) is 0.333. The van der Waals surface area contributed by atoms with Crippen LogP contribution in [0.15, 0.2) is 77.7 Å². The summed E-state index contributed by atoms with van der Waals surface area (Å²) in [6.45, 7) is 4.82. The van der Waals surface area contributed by atoms with Crippen LogP contribution in [0.4, 0.5) is 5.69 Å². The highest BCUT2D eigenvalue weighted by Gasteiger charge is 2.40. The smallest absolute Gasteiger partial charge is 0.308 e. The Bertz CT molecular complexity index is 1720. The van der Waals surface area contributed by atoms with Crippen molar-refractivity contribution >= 4 is 39.4 Å². The molecule has 1 aliphatic rings. The second-order valence-corrected chi connectivity index (χ2v) is 13.9. The number of carbonyl (C=O) groups is 4. The molecule has 0 fully saturated rings. The third-order valence-electron chi connectivity index (χ3n) is 7.29. The first-order chi connectivity index (χ1) is 22.2. The van der Waals surface area contributed by atoms with Crippen LogP contribution in [0.2, 0.25) is 0 Å². The number of benzene rings is 3. The maximum atomic E-state index is 13.7. The number of sulfonamides is 1. The molecule has 0 spiro atoms. The average molecular weight is 667 g/mol. The van der Waals surface area contributed by atoms with Crippen LogP contribution in [-0.2, 0) is 53.3 Å². The van der Waals surface area contributed by atoms with E-state index in [1.54, 1.807) is 68.7 Å². The zero-order valence-corrected chi connectivity index (χ0v) is 27.3. The van der Waals surface area contributed by atoms with E-state index >= 15 is 0 Å². The number of nitrogens with one attached hydrogen (secondary N) is 3. The molecule has 1 aliphatic heterocycles. The van der Waals surface area contributed by atoms with Crippen LogP contribution in [0.25, 0.3) is 0 Å². The summed E-state index contributed by atoms with van der Waals surface area (Å²) in [6, 6.07) is 16.8. The molecule has 0 bridgehead atoms.